The van der Waals surface area contributed by atoms with Crippen molar-refractivity contribution in [3.8, 4) is 33.4 Å². The van der Waals surface area contributed by atoms with Crippen LogP contribution in [0.1, 0.15) is 22.3 Å². The van der Waals surface area contributed by atoms with Gasteiger partial charge in [-0.3, -0.25) is 0 Å². The molecule has 0 saturated carbocycles. The first kappa shape index (κ1) is 33.8. The minimum Gasteiger partial charge on any atom is -0.309 e. The summed E-state index contributed by atoms with van der Waals surface area (Å²) in [6, 6.07) is 86.8. The lowest BCUT2D eigenvalue weighted by Gasteiger charge is -2.34. The van der Waals surface area contributed by atoms with Crippen molar-refractivity contribution >= 4 is 38.6 Å². The Morgan fingerprint density at radius 1 is 0.310 bits per heavy atom. The van der Waals surface area contributed by atoms with Crippen LogP contribution in [0.5, 0.6) is 0 Å². The van der Waals surface area contributed by atoms with Crippen LogP contribution in [0.15, 0.2) is 237 Å². The Labute approximate surface area is 339 Å². The zero-order valence-electron chi connectivity index (χ0n) is 32.0. The molecule has 0 heterocycles. The fourth-order valence-corrected chi connectivity index (χ4v) is 9.53. The second-order valence-electron chi connectivity index (χ2n) is 15.3. The monoisotopic (exact) mass is 737 g/mol. The maximum absolute atomic E-state index is 2.50. The molecule has 11 rings (SSSR count). The molecule has 10 aromatic rings. The Bertz CT molecular complexity index is 3070. The molecule has 0 atom stereocenters. The van der Waals surface area contributed by atoms with Crippen LogP contribution >= 0.6 is 0 Å². The van der Waals surface area contributed by atoms with Crippen LogP contribution in [-0.4, -0.2) is 0 Å². The molecule has 1 aliphatic rings. The number of fused-ring (bicyclic) bond motifs is 5. The summed E-state index contributed by atoms with van der Waals surface area (Å²) in [7, 11) is 0. The van der Waals surface area contributed by atoms with Gasteiger partial charge in [0.1, 0.15) is 0 Å². The molecule has 0 saturated heterocycles. The molecule has 1 nitrogen and oxygen atoms in total. The Morgan fingerprint density at radius 2 is 0.845 bits per heavy atom. The maximum atomic E-state index is 2.50. The van der Waals surface area contributed by atoms with Gasteiger partial charge in [0, 0.05) is 16.6 Å². The van der Waals surface area contributed by atoms with Crippen LogP contribution in [0.25, 0.3) is 54.9 Å². The second-order valence-corrected chi connectivity index (χ2v) is 15.3. The molecule has 0 spiro atoms. The van der Waals surface area contributed by atoms with E-state index in [1.54, 1.807) is 0 Å². The summed E-state index contributed by atoms with van der Waals surface area (Å²) in [5.74, 6) is 0. The van der Waals surface area contributed by atoms with E-state index in [1.165, 1.54) is 77.2 Å². The van der Waals surface area contributed by atoms with Crippen molar-refractivity contribution in [2.24, 2.45) is 0 Å². The fraction of sp³-hybridized carbons (Fsp3) is 0.0175. The van der Waals surface area contributed by atoms with E-state index >= 15 is 0 Å². The van der Waals surface area contributed by atoms with Gasteiger partial charge in [-0.25, -0.2) is 0 Å². The van der Waals surface area contributed by atoms with Gasteiger partial charge in [0.15, 0.2) is 0 Å². The number of rotatable bonds is 7. The van der Waals surface area contributed by atoms with Crippen LogP contribution in [0.3, 0.4) is 0 Å². The van der Waals surface area contributed by atoms with Gasteiger partial charge in [0.05, 0.1) is 16.8 Å². The molecule has 0 N–H and O–H groups in total. The predicted octanol–water partition coefficient (Wildman–Crippen LogP) is 15.2. The lowest BCUT2D eigenvalue weighted by Crippen LogP contribution is -2.28. The standard InChI is InChI=1S/C57H39N/c1-4-17-40(18-5-1)42-21-14-22-43(37-42)44-33-34-46-39-49(36-35-45(46)38-44)58(54-31-15-20-41-19-10-11-27-50(41)54)55-32-16-30-53-56(55)51-28-12-13-29-52(51)57(53,47-23-6-2-7-24-47)48-25-8-3-9-26-48/h1-39H. The van der Waals surface area contributed by atoms with E-state index < -0.39 is 5.41 Å². The first-order valence-corrected chi connectivity index (χ1v) is 20.1. The molecule has 0 aromatic heterocycles. The Kier molecular flexibility index (Phi) is 8.12. The molecule has 0 radical (unpaired) electrons. The van der Waals surface area contributed by atoms with Gasteiger partial charge in [0.25, 0.3) is 0 Å². The average molecular weight is 738 g/mol. The van der Waals surface area contributed by atoms with E-state index in [4.69, 9.17) is 0 Å². The molecule has 0 fully saturated rings. The molecular formula is C57H39N. The van der Waals surface area contributed by atoms with Gasteiger partial charge < -0.3 is 4.90 Å². The number of anilines is 3. The normalized spacial score (nSPS) is 12.6. The van der Waals surface area contributed by atoms with Gasteiger partial charge in [0.2, 0.25) is 0 Å². The minimum atomic E-state index is -0.494. The zero-order valence-corrected chi connectivity index (χ0v) is 32.0. The molecule has 272 valence electrons. The number of nitrogens with zero attached hydrogens (tertiary/aromatic N) is 1. The third-order valence-electron chi connectivity index (χ3n) is 12.1. The van der Waals surface area contributed by atoms with E-state index in [-0.39, 0.29) is 0 Å². The third-order valence-corrected chi connectivity index (χ3v) is 12.1. The highest BCUT2D eigenvalue weighted by Crippen LogP contribution is 2.59. The van der Waals surface area contributed by atoms with Gasteiger partial charge in [-0.15, -0.1) is 0 Å². The van der Waals surface area contributed by atoms with Crippen molar-refractivity contribution in [1.29, 1.82) is 0 Å². The smallest absolute Gasteiger partial charge is 0.0714 e. The van der Waals surface area contributed by atoms with Crippen molar-refractivity contribution < 1.29 is 0 Å². The van der Waals surface area contributed by atoms with Crippen LogP contribution < -0.4 is 4.90 Å². The molecular weight excluding hydrogens is 699 g/mol. The van der Waals surface area contributed by atoms with Crippen molar-refractivity contribution in [2.45, 2.75) is 5.41 Å². The molecule has 0 unspecified atom stereocenters. The van der Waals surface area contributed by atoms with Crippen molar-refractivity contribution in [3.05, 3.63) is 259 Å². The van der Waals surface area contributed by atoms with E-state index in [2.05, 4.69) is 241 Å². The Hall–Kier alpha value is -7.48. The van der Waals surface area contributed by atoms with E-state index in [9.17, 15) is 0 Å². The lowest BCUT2D eigenvalue weighted by atomic mass is 9.68. The number of hydrogen-bond donors (Lipinski definition) is 0. The number of benzene rings is 10. The second kappa shape index (κ2) is 13.9. The SMILES string of the molecule is c1ccc(-c2cccc(-c3ccc4cc(N(c5cccc6c5-c5ccccc5C6(c5ccccc5)c5ccccc5)c5cccc6ccccc56)ccc4c3)c2)cc1. The Morgan fingerprint density at radius 3 is 1.64 bits per heavy atom. The molecule has 0 amide bonds. The highest BCUT2D eigenvalue weighted by molar-refractivity contribution is 6.04. The number of hydrogen-bond acceptors (Lipinski definition) is 1. The van der Waals surface area contributed by atoms with Crippen LogP contribution in [-0.2, 0) is 5.41 Å². The summed E-state index contributed by atoms with van der Waals surface area (Å²) >= 11 is 0. The molecule has 10 aromatic carbocycles. The molecule has 0 aliphatic heterocycles. The van der Waals surface area contributed by atoms with Gasteiger partial charge in [-0.1, -0.05) is 200 Å². The molecule has 58 heavy (non-hydrogen) atoms. The third kappa shape index (κ3) is 5.39. The topological polar surface area (TPSA) is 3.24 Å². The lowest BCUT2D eigenvalue weighted by molar-refractivity contribution is 0.768. The summed E-state index contributed by atoms with van der Waals surface area (Å²) in [6.07, 6.45) is 0. The van der Waals surface area contributed by atoms with Crippen molar-refractivity contribution in [1.82, 2.24) is 0 Å². The highest BCUT2D eigenvalue weighted by atomic mass is 15.1. The van der Waals surface area contributed by atoms with Crippen LogP contribution in [0.4, 0.5) is 17.1 Å². The van der Waals surface area contributed by atoms with E-state index in [0.29, 0.717) is 0 Å². The highest BCUT2D eigenvalue weighted by Gasteiger charge is 2.47. The fourth-order valence-electron chi connectivity index (χ4n) is 9.53. The molecule has 1 heteroatoms. The van der Waals surface area contributed by atoms with Gasteiger partial charge in [-0.05, 0) is 103 Å². The van der Waals surface area contributed by atoms with Crippen molar-refractivity contribution in [2.75, 3.05) is 4.90 Å². The summed E-state index contributed by atoms with van der Waals surface area (Å²) in [6.45, 7) is 0. The summed E-state index contributed by atoms with van der Waals surface area (Å²) in [5.41, 5.74) is 15.4. The van der Waals surface area contributed by atoms with Crippen LogP contribution in [0, 0.1) is 0 Å². The van der Waals surface area contributed by atoms with Gasteiger partial charge >= 0.3 is 0 Å². The summed E-state index contributed by atoms with van der Waals surface area (Å²) < 4.78 is 0. The van der Waals surface area contributed by atoms with E-state index in [0.717, 1.165) is 17.1 Å². The quantitative estimate of drug-likeness (QED) is 0.157. The predicted molar refractivity (Wildman–Crippen MR) is 244 cm³/mol. The maximum Gasteiger partial charge on any atom is 0.0714 e. The molecule has 1 aliphatic carbocycles. The zero-order chi connectivity index (χ0) is 38.5. The minimum absolute atomic E-state index is 0.494. The molecule has 0 bridgehead atoms. The summed E-state index contributed by atoms with van der Waals surface area (Å²) in [5, 5.41) is 4.82. The average Bonchev–Trinajstić information content (AvgIpc) is 3.61. The van der Waals surface area contributed by atoms with Crippen molar-refractivity contribution in [3.63, 3.8) is 0 Å². The van der Waals surface area contributed by atoms with E-state index in [1.807, 2.05) is 0 Å². The van der Waals surface area contributed by atoms with Crippen LogP contribution in [0.2, 0.25) is 0 Å². The Balaban J connectivity index is 1.13. The van der Waals surface area contributed by atoms with Gasteiger partial charge in [-0.2, -0.15) is 0 Å². The largest absolute Gasteiger partial charge is 0.309 e. The first-order valence-electron chi connectivity index (χ1n) is 20.1. The first-order chi connectivity index (χ1) is 28.8. The summed E-state index contributed by atoms with van der Waals surface area (Å²) in [4.78, 5) is 2.50.